The monoisotopic (exact) mass is 198 g/mol. The molecule has 1 aromatic rings. The van der Waals surface area contributed by atoms with E-state index in [1.54, 1.807) is 24.3 Å². The number of rotatable bonds is 1. The van der Waals surface area contributed by atoms with Crippen molar-refractivity contribution in [2.75, 3.05) is 5.32 Å². The zero-order valence-corrected chi connectivity index (χ0v) is 7.18. The fraction of sp³-hybridized carbons (Fsp3) is 0. The van der Waals surface area contributed by atoms with E-state index in [0.29, 0.717) is 5.69 Å². The summed E-state index contributed by atoms with van der Waals surface area (Å²) in [4.78, 5) is 18.8. The first-order valence-corrected chi connectivity index (χ1v) is 3.55. The van der Waals surface area contributed by atoms with Gasteiger partial charge in [0, 0.05) is 5.69 Å². The van der Waals surface area contributed by atoms with Crippen molar-refractivity contribution in [2.45, 2.75) is 0 Å². The lowest BCUT2D eigenvalue weighted by Crippen LogP contribution is -2.06. The molecule has 0 bridgehead atoms. The van der Waals surface area contributed by atoms with Crippen molar-refractivity contribution in [3.05, 3.63) is 30.3 Å². The Morgan fingerprint density at radius 2 is 1.57 bits per heavy atom. The molecule has 0 atom stereocenters. The Morgan fingerprint density at radius 1 is 1.14 bits per heavy atom. The number of para-hydroxylation sites is 1. The van der Waals surface area contributed by atoms with Crippen LogP contribution in [0.25, 0.3) is 0 Å². The number of hydrogen-bond acceptors (Lipinski definition) is 2. The zero-order chi connectivity index (χ0) is 11.0. The Kier molecular flexibility index (Phi) is 5.29. The molecule has 0 heterocycles. The van der Waals surface area contributed by atoms with Gasteiger partial charge in [-0.3, -0.25) is 5.32 Å². The summed E-state index contributed by atoms with van der Waals surface area (Å²) in [6.07, 6.45) is -2.37. The number of anilines is 1. The molecule has 0 aliphatic rings. The van der Waals surface area contributed by atoms with Crippen LogP contribution in [-0.2, 0) is 0 Å². The van der Waals surface area contributed by atoms with E-state index in [0.717, 1.165) is 0 Å². The van der Waals surface area contributed by atoms with Gasteiger partial charge in [-0.1, -0.05) is 18.2 Å². The van der Waals surface area contributed by atoms with Crippen molar-refractivity contribution in [3.8, 4) is 0 Å². The third-order valence-corrected chi connectivity index (χ3v) is 1.03. The van der Waals surface area contributed by atoms with Gasteiger partial charge in [0.05, 0.1) is 0 Å². The maximum absolute atomic E-state index is 10.1. The Balaban J connectivity index is 0.000000364. The highest BCUT2D eigenvalue weighted by Gasteiger charge is 1.93. The lowest BCUT2D eigenvalue weighted by Gasteiger charge is -1.96. The largest absolute Gasteiger partial charge is 0.465 e. The van der Waals surface area contributed by atoms with E-state index in [1.165, 1.54) is 0 Å². The lowest BCUT2D eigenvalue weighted by atomic mass is 10.3. The summed E-state index contributed by atoms with van der Waals surface area (Å²) in [5, 5.41) is 17.7. The zero-order valence-electron chi connectivity index (χ0n) is 7.18. The van der Waals surface area contributed by atoms with Crippen molar-refractivity contribution in [2.24, 2.45) is 5.73 Å². The van der Waals surface area contributed by atoms with E-state index in [2.05, 4.69) is 11.1 Å². The van der Waals surface area contributed by atoms with Crippen molar-refractivity contribution in [3.63, 3.8) is 0 Å². The van der Waals surface area contributed by atoms with Crippen molar-refractivity contribution >= 4 is 17.9 Å². The van der Waals surface area contributed by atoms with Crippen LogP contribution in [0.4, 0.5) is 15.3 Å². The first kappa shape index (κ1) is 11.8. The van der Waals surface area contributed by atoms with E-state index >= 15 is 0 Å². The Bertz CT molecular complexity index is 295. The molecule has 76 valence electrons. The smallest absolute Gasteiger partial charge is 0.409 e. The van der Waals surface area contributed by atoms with Gasteiger partial charge in [0.2, 0.25) is 0 Å². The molecule has 0 spiro atoms. The van der Waals surface area contributed by atoms with Gasteiger partial charge in [0.1, 0.15) is 0 Å². The van der Waals surface area contributed by atoms with Gasteiger partial charge in [-0.05, 0) is 12.1 Å². The van der Waals surface area contributed by atoms with E-state index < -0.39 is 12.2 Å². The van der Waals surface area contributed by atoms with Crippen molar-refractivity contribution in [1.29, 1.82) is 0 Å². The summed E-state index contributed by atoms with van der Waals surface area (Å²) in [6, 6.07) is 8.74. The Hall–Kier alpha value is -2.24. The van der Waals surface area contributed by atoms with Gasteiger partial charge in [-0.25, -0.2) is 9.59 Å². The third-order valence-electron chi connectivity index (χ3n) is 1.03. The van der Waals surface area contributed by atoms with Crippen LogP contribution in [-0.4, -0.2) is 22.4 Å². The number of carbonyl (C=O) groups is 2. The fourth-order valence-electron chi connectivity index (χ4n) is 0.645. The summed E-state index contributed by atoms with van der Waals surface area (Å²) in [6.45, 7) is 0. The molecule has 14 heavy (non-hydrogen) atoms. The molecule has 0 unspecified atom stereocenters. The Morgan fingerprint density at radius 3 is 1.93 bits per heavy atom. The highest BCUT2D eigenvalue weighted by atomic mass is 16.4. The SMILES string of the molecule is NC(=O)O.O=C(O)Nc1ccccc1. The maximum atomic E-state index is 10.1. The molecular weight excluding hydrogens is 188 g/mol. The number of carboxylic acid groups (broad SMARTS) is 2. The molecule has 0 saturated carbocycles. The average Bonchev–Trinajstić information content (AvgIpc) is 2.03. The third kappa shape index (κ3) is 7.86. The maximum Gasteiger partial charge on any atom is 0.409 e. The second-order valence-corrected chi connectivity index (χ2v) is 2.13. The summed E-state index contributed by atoms with van der Waals surface area (Å²) < 4.78 is 0. The van der Waals surface area contributed by atoms with Gasteiger partial charge in [0.15, 0.2) is 0 Å². The van der Waals surface area contributed by atoms with E-state index in [4.69, 9.17) is 15.0 Å². The van der Waals surface area contributed by atoms with Crippen LogP contribution in [0.3, 0.4) is 0 Å². The van der Waals surface area contributed by atoms with Crippen LogP contribution < -0.4 is 11.1 Å². The van der Waals surface area contributed by atoms with E-state index in [1.807, 2.05) is 6.07 Å². The molecule has 0 aliphatic heterocycles. The molecule has 6 nitrogen and oxygen atoms in total. The molecule has 6 heteroatoms. The van der Waals surface area contributed by atoms with Crippen molar-refractivity contribution in [1.82, 2.24) is 0 Å². The van der Waals surface area contributed by atoms with Crippen LogP contribution in [0.5, 0.6) is 0 Å². The predicted molar refractivity (Wildman–Crippen MR) is 50.3 cm³/mol. The molecule has 1 aromatic carbocycles. The first-order chi connectivity index (χ1) is 6.52. The van der Waals surface area contributed by atoms with Gasteiger partial charge >= 0.3 is 12.2 Å². The van der Waals surface area contributed by atoms with Gasteiger partial charge < -0.3 is 15.9 Å². The van der Waals surface area contributed by atoms with Crippen LogP contribution in [0.2, 0.25) is 0 Å². The van der Waals surface area contributed by atoms with Crippen LogP contribution >= 0.6 is 0 Å². The van der Waals surface area contributed by atoms with Gasteiger partial charge in [-0.2, -0.15) is 0 Å². The van der Waals surface area contributed by atoms with Crippen molar-refractivity contribution < 1.29 is 19.8 Å². The molecule has 0 fully saturated rings. The quantitative estimate of drug-likeness (QED) is 0.546. The van der Waals surface area contributed by atoms with Gasteiger partial charge in [0.25, 0.3) is 0 Å². The second-order valence-electron chi connectivity index (χ2n) is 2.13. The molecule has 5 N–H and O–H groups in total. The number of nitrogens with two attached hydrogens (primary N) is 1. The molecular formula is C8H10N2O4. The van der Waals surface area contributed by atoms with E-state index in [9.17, 15) is 4.79 Å². The lowest BCUT2D eigenvalue weighted by molar-refractivity contribution is 0.205. The Labute approximate surface area is 80.0 Å². The number of hydrogen-bond donors (Lipinski definition) is 4. The number of primary amides is 1. The normalized spacial score (nSPS) is 8.00. The summed E-state index contributed by atoms with van der Waals surface area (Å²) in [7, 11) is 0. The van der Waals surface area contributed by atoms with Crippen LogP contribution in [0.15, 0.2) is 30.3 Å². The molecule has 2 amide bonds. The van der Waals surface area contributed by atoms with Crippen LogP contribution in [0.1, 0.15) is 0 Å². The average molecular weight is 198 g/mol. The summed E-state index contributed by atoms with van der Waals surface area (Å²) in [5.74, 6) is 0. The van der Waals surface area contributed by atoms with Crippen LogP contribution in [0, 0.1) is 0 Å². The minimum Gasteiger partial charge on any atom is -0.465 e. The number of amides is 2. The molecule has 0 saturated heterocycles. The number of benzene rings is 1. The minimum absolute atomic E-state index is 0.593. The fourth-order valence-corrected chi connectivity index (χ4v) is 0.645. The molecule has 0 radical (unpaired) electrons. The molecule has 0 aliphatic carbocycles. The highest BCUT2D eigenvalue weighted by molar-refractivity contribution is 5.82. The van der Waals surface area contributed by atoms with Gasteiger partial charge in [-0.15, -0.1) is 0 Å². The number of nitrogens with one attached hydrogen (secondary N) is 1. The first-order valence-electron chi connectivity index (χ1n) is 3.55. The standard InChI is InChI=1S/C7H7NO2.CH3NO2/c9-7(10)8-6-4-2-1-3-5-6;2-1(3)4/h1-5,8H,(H,9,10);2H2,(H,3,4). The summed E-state index contributed by atoms with van der Waals surface area (Å²) in [5.41, 5.74) is 4.62. The van der Waals surface area contributed by atoms with E-state index in [-0.39, 0.29) is 0 Å². The minimum atomic E-state index is -1.33. The predicted octanol–water partition coefficient (Wildman–Crippen LogP) is 1.40. The molecule has 1 rings (SSSR count). The topological polar surface area (TPSA) is 113 Å². The second kappa shape index (κ2) is 6.30. The summed E-state index contributed by atoms with van der Waals surface area (Å²) >= 11 is 0. The molecule has 0 aromatic heterocycles. The highest BCUT2D eigenvalue weighted by Crippen LogP contribution is 2.03.